The molecule has 0 aromatic heterocycles. The summed E-state index contributed by atoms with van der Waals surface area (Å²) in [4.78, 5) is 21.4. The van der Waals surface area contributed by atoms with E-state index in [4.69, 9.17) is 9.78 Å². The molecule has 0 N–H and O–H groups in total. The molecule has 0 bridgehead atoms. The van der Waals surface area contributed by atoms with E-state index < -0.39 is 5.60 Å². The molecule has 1 fully saturated rings. The van der Waals surface area contributed by atoms with Crippen molar-refractivity contribution in [2.24, 2.45) is 5.92 Å². The molecule has 0 radical (unpaired) electrons. The Labute approximate surface area is 103 Å². The maximum atomic E-state index is 11.6. The first kappa shape index (κ1) is 14.5. The number of rotatable bonds is 6. The van der Waals surface area contributed by atoms with E-state index in [1.165, 1.54) is 6.42 Å². The zero-order valence-electron chi connectivity index (χ0n) is 11.2. The number of hydrogen-bond acceptors (Lipinski definition) is 4. The Bertz CT molecular complexity index is 232. The first-order valence-electron chi connectivity index (χ1n) is 6.61. The molecular formula is C13H24O4. The highest BCUT2D eigenvalue weighted by Crippen LogP contribution is 2.25. The van der Waals surface area contributed by atoms with Crippen LogP contribution in [-0.2, 0) is 19.6 Å². The highest BCUT2D eigenvalue weighted by Gasteiger charge is 2.25. The van der Waals surface area contributed by atoms with Gasteiger partial charge in [0.15, 0.2) is 0 Å². The van der Waals surface area contributed by atoms with Gasteiger partial charge < -0.3 is 0 Å². The van der Waals surface area contributed by atoms with Crippen molar-refractivity contribution >= 4 is 5.97 Å². The predicted molar refractivity (Wildman–Crippen MR) is 63.8 cm³/mol. The summed E-state index contributed by atoms with van der Waals surface area (Å²) in [6.45, 7) is 5.88. The third-order valence-corrected chi connectivity index (χ3v) is 3.17. The van der Waals surface area contributed by atoms with Crippen molar-refractivity contribution in [2.75, 3.05) is 0 Å². The minimum atomic E-state index is -0.415. The van der Waals surface area contributed by atoms with Crippen molar-refractivity contribution < 1.29 is 19.6 Å². The molecule has 1 rings (SSSR count). The second-order valence-electron chi connectivity index (χ2n) is 5.40. The second kappa shape index (κ2) is 6.97. The highest BCUT2D eigenvalue weighted by molar-refractivity contribution is 5.71. The summed E-state index contributed by atoms with van der Waals surface area (Å²) in [6, 6.07) is 0. The van der Waals surface area contributed by atoms with Crippen LogP contribution in [0.1, 0.15) is 65.7 Å². The Hall–Kier alpha value is -0.610. The zero-order chi connectivity index (χ0) is 12.7. The quantitative estimate of drug-likeness (QED) is 0.529. The van der Waals surface area contributed by atoms with Crippen molar-refractivity contribution in [1.82, 2.24) is 0 Å². The molecule has 0 aromatic carbocycles. The maximum absolute atomic E-state index is 11.6. The van der Waals surface area contributed by atoms with Gasteiger partial charge in [-0.25, -0.2) is 4.79 Å². The average Bonchev–Trinajstić information content (AvgIpc) is 2.29. The molecule has 0 spiro atoms. The second-order valence-corrected chi connectivity index (χ2v) is 5.40. The normalized spacial score (nSPS) is 18.1. The van der Waals surface area contributed by atoms with Crippen molar-refractivity contribution in [3.63, 3.8) is 0 Å². The predicted octanol–water partition coefficient (Wildman–Crippen LogP) is 3.55. The highest BCUT2D eigenvalue weighted by atomic mass is 17.5. The fourth-order valence-corrected chi connectivity index (χ4v) is 2.19. The first-order chi connectivity index (χ1) is 8.05. The van der Waals surface area contributed by atoms with Gasteiger partial charge in [-0.3, -0.25) is 4.89 Å². The Balaban J connectivity index is 2.19. The summed E-state index contributed by atoms with van der Waals surface area (Å²) in [5, 5.41) is 4.62. The average molecular weight is 244 g/mol. The molecule has 100 valence electrons. The molecule has 0 aliphatic heterocycles. The van der Waals surface area contributed by atoms with E-state index in [-0.39, 0.29) is 11.9 Å². The van der Waals surface area contributed by atoms with Crippen LogP contribution >= 0.6 is 0 Å². The van der Waals surface area contributed by atoms with Crippen LogP contribution < -0.4 is 0 Å². The first-order valence-corrected chi connectivity index (χ1v) is 6.61. The maximum Gasteiger partial charge on any atom is 0.348 e. The Morgan fingerprint density at radius 3 is 2.47 bits per heavy atom. The number of hydrogen-bond donors (Lipinski definition) is 0. The largest absolute Gasteiger partial charge is 0.348 e. The van der Waals surface area contributed by atoms with Gasteiger partial charge in [-0.2, -0.15) is 4.89 Å². The van der Waals surface area contributed by atoms with Gasteiger partial charge in [-0.1, -0.05) is 32.6 Å². The van der Waals surface area contributed by atoms with Crippen LogP contribution in [0.3, 0.4) is 0 Å². The standard InChI is InChI=1S/C13H24O4/c1-4-10-13(2,3)16-17-15-12(14)11-8-6-5-7-9-11/h11H,4-10H2,1-3H3. The summed E-state index contributed by atoms with van der Waals surface area (Å²) in [6.07, 6.45) is 7.07. The van der Waals surface area contributed by atoms with Crippen molar-refractivity contribution in [1.29, 1.82) is 0 Å². The number of carbonyl (C=O) groups is 1. The monoisotopic (exact) mass is 244 g/mol. The van der Waals surface area contributed by atoms with Crippen molar-refractivity contribution in [2.45, 2.75) is 71.3 Å². The smallest absolute Gasteiger partial charge is 0.269 e. The molecule has 1 aliphatic carbocycles. The molecule has 1 saturated carbocycles. The fourth-order valence-electron chi connectivity index (χ4n) is 2.19. The van der Waals surface area contributed by atoms with Gasteiger partial charge in [0.25, 0.3) is 0 Å². The fraction of sp³-hybridized carbons (Fsp3) is 0.923. The van der Waals surface area contributed by atoms with Crippen LogP contribution in [0, 0.1) is 5.92 Å². The van der Waals surface area contributed by atoms with E-state index in [1.54, 1.807) is 0 Å². The van der Waals surface area contributed by atoms with E-state index >= 15 is 0 Å². The van der Waals surface area contributed by atoms with E-state index in [1.807, 2.05) is 13.8 Å². The van der Waals surface area contributed by atoms with Gasteiger partial charge >= 0.3 is 5.97 Å². The summed E-state index contributed by atoms with van der Waals surface area (Å²) >= 11 is 0. The third-order valence-electron chi connectivity index (χ3n) is 3.17. The van der Waals surface area contributed by atoms with Crippen LogP contribution in [-0.4, -0.2) is 11.6 Å². The summed E-state index contributed by atoms with van der Waals surface area (Å²) in [5.74, 6) is -0.307. The summed E-state index contributed by atoms with van der Waals surface area (Å²) < 4.78 is 0. The molecule has 0 aromatic rings. The van der Waals surface area contributed by atoms with Crippen LogP contribution in [0.25, 0.3) is 0 Å². The molecule has 0 atom stereocenters. The van der Waals surface area contributed by atoms with E-state index in [9.17, 15) is 4.79 Å². The molecule has 0 amide bonds. The molecule has 0 heterocycles. The van der Waals surface area contributed by atoms with Gasteiger partial charge in [0, 0.05) is 0 Å². The van der Waals surface area contributed by atoms with Gasteiger partial charge in [0.1, 0.15) is 5.60 Å². The Kier molecular flexibility index (Phi) is 5.92. The lowest BCUT2D eigenvalue weighted by Crippen LogP contribution is -2.27. The SMILES string of the molecule is CCCC(C)(C)OOOC(=O)C1CCCCC1. The minimum absolute atomic E-state index is 0.0124. The van der Waals surface area contributed by atoms with Gasteiger partial charge in [0.05, 0.1) is 5.92 Å². The number of carbonyl (C=O) groups excluding carboxylic acids is 1. The zero-order valence-corrected chi connectivity index (χ0v) is 11.2. The molecule has 0 saturated heterocycles. The third kappa shape index (κ3) is 5.50. The van der Waals surface area contributed by atoms with E-state index in [0.717, 1.165) is 38.5 Å². The van der Waals surface area contributed by atoms with Crippen LogP contribution in [0.2, 0.25) is 0 Å². The van der Waals surface area contributed by atoms with E-state index in [0.29, 0.717) is 0 Å². The Morgan fingerprint density at radius 1 is 1.24 bits per heavy atom. The van der Waals surface area contributed by atoms with Crippen LogP contribution in [0.15, 0.2) is 0 Å². The van der Waals surface area contributed by atoms with Gasteiger partial charge in [0.2, 0.25) is 0 Å². The van der Waals surface area contributed by atoms with E-state index in [2.05, 4.69) is 12.0 Å². The lowest BCUT2D eigenvalue weighted by molar-refractivity contribution is -0.518. The molecule has 17 heavy (non-hydrogen) atoms. The lowest BCUT2D eigenvalue weighted by atomic mass is 9.89. The van der Waals surface area contributed by atoms with Gasteiger partial charge in [-0.15, -0.1) is 0 Å². The molecule has 0 unspecified atom stereocenters. The van der Waals surface area contributed by atoms with Gasteiger partial charge in [-0.05, 0) is 38.1 Å². The van der Waals surface area contributed by atoms with Crippen molar-refractivity contribution in [3.05, 3.63) is 0 Å². The molecule has 4 heteroatoms. The Morgan fingerprint density at radius 2 is 1.88 bits per heavy atom. The molecular weight excluding hydrogens is 220 g/mol. The lowest BCUT2D eigenvalue weighted by Gasteiger charge is -2.22. The topological polar surface area (TPSA) is 44.8 Å². The molecule has 4 nitrogen and oxygen atoms in total. The minimum Gasteiger partial charge on any atom is -0.269 e. The molecule has 1 aliphatic rings. The van der Waals surface area contributed by atoms with Crippen LogP contribution in [0.4, 0.5) is 0 Å². The summed E-state index contributed by atoms with van der Waals surface area (Å²) in [5.41, 5.74) is -0.415. The van der Waals surface area contributed by atoms with Crippen molar-refractivity contribution in [3.8, 4) is 0 Å². The van der Waals surface area contributed by atoms with Crippen LogP contribution in [0.5, 0.6) is 0 Å². The summed E-state index contributed by atoms with van der Waals surface area (Å²) in [7, 11) is 0.